The molecule has 1 fully saturated rings. The van der Waals surface area contributed by atoms with Crippen molar-refractivity contribution in [3.05, 3.63) is 28.8 Å². The van der Waals surface area contributed by atoms with Crippen LogP contribution in [-0.2, 0) is 4.79 Å². The molecule has 0 saturated heterocycles. The first-order valence-electron chi connectivity index (χ1n) is 5.62. The van der Waals surface area contributed by atoms with Crippen molar-refractivity contribution in [2.45, 2.75) is 32.1 Å². The highest BCUT2D eigenvalue weighted by Crippen LogP contribution is 2.45. The fourth-order valence-corrected chi connectivity index (χ4v) is 2.28. The molecule has 1 aromatic carbocycles. The molecule has 1 atom stereocenters. The maximum Gasteiger partial charge on any atom is 0.130 e. The average molecular weight is 238 g/mol. The van der Waals surface area contributed by atoms with E-state index in [1.165, 1.54) is 12.8 Å². The van der Waals surface area contributed by atoms with Gasteiger partial charge in [-0.25, -0.2) is 0 Å². The molecule has 86 valence electrons. The van der Waals surface area contributed by atoms with Crippen molar-refractivity contribution in [3.8, 4) is 0 Å². The number of benzene rings is 1. The van der Waals surface area contributed by atoms with Gasteiger partial charge in [-0.1, -0.05) is 17.7 Å². The summed E-state index contributed by atoms with van der Waals surface area (Å²) in [6.07, 6.45) is 3.06. The van der Waals surface area contributed by atoms with Gasteiger partial charge in [-0.3, -0.25) is 0 Å². The lowest BCUT2D eigenvalue weighted by Gasteiger charge is -2.16. The smallest absolute Gasteiger partial charge is 0.130 e. The lowest BCUT2D eigenvalue weighted by atomic mass is 9.89. The van der Waals surface area contributed by atoms with Crippen LogP contribution in [0.2, 0.25) is 5.02 Å². The molecular weight excluding hydrogens is 222 g/mol. The van der Waals surface area contributed by atoms with Gasteiger partial charge in [0.05, 0.1) is 10.7 Å². The summed E-state index contributed by atoms with van der Waals surface area (Å²) in [6, 6.07) is 5.72. The number of anilines is 1. The van der Waals surface area contributed by atoms with Crippen molar-refractivity contribution >= 4 is 23.1 Å². The van der Waals surface area contributed by atoms with Crippen LogP contribution in [0.25, 0.3) is 0 Å². The number of hydrogen-bond acceptors (Lipinski definition) is 2. The summed E-state index contributed by atoms with van der Waals surface area (Å²) >= 11 is 5.89. The van der Waals surface area contributed by atoms with Gasteiger partial charge in [-0.15, -0.1) is 0 Å². The Balaban J connectivity index is 2.24. The van der Waals surface area contributed by atoms with Gasteiger partial charge in [-0.05, 0) is 49.3 Å². The van der Waals surface area contributed by atoms with Crippen molar-refractivity contribution in [1.29, 1.82) is 0 Å². The minimum absolute atomic E-state index is 0.241. The molecule has 16 heavy (non-hydrogen) atoms. The number of hydrogen-bond donors (Lipinski definition) is 1. The van der Waals surface area contributed by atoms with E-state index in [2.05, 4.69) is 0 Å². The predicted molar refractivity (Wildman–Crippen MR) is 66.6 cm³/mol. The monoisotopic (exact) mass is 237 g/mol. The normalized spacial score (nSPS) is 17.1. The van der Waals surface area contributed by atoms with Gasteiger partial charge < -0.3 is 10.5 Å². The Morgan fingerprint density at radius 2 is 2.25 bits per heavy atom. The van der Waals surface area contributed by atoms with Crippen LogP contribution in [0.15, 0.2) is 18.2 Å². The lowest BCUT2D eigenvalue weighted by molar-refractivity contribution is -0.117. The third kappa shape index (κ3) is 2.56. The standard InChI is InChI=1S/C13H16ClNO/c1-8(16)6-11(9-2-3-9)10-4-5-12(14)13(15)7-10/h4-5,7,9,11H,2-3,6,15H2,1H3/t11-/m0/s1. The lowest BCUT2D eigenvalue weighted by Crippen LogP contribution is -2.07. The van der Waals surface area contributed by atoms with Gasteiger partial charge in [0.1, 0.15) is 5.78 Å². The number of carbonyl (C=O) groups excluding carboxylic acids is 1. The zero-order chi connectivity index (χ0) is 11.7. The summed E-state index contributed by atoms with van der Waals surface area (Å²) in [7, 11) is 0. The fraction of sp³-hybridized carbons (Fsp3) is 0.462. The summed E-state index contributed by atoms with van der Waals surface area (Å²) in [5, 5.41) is 0.584. The quantitative estimate of drug-likeness (QED) is 0.816. The summed E-state index contributed by atoms with van der Waals surface area (Å²) in [6.45, 7) is 1.65. The molecule has 0 unspecified atom stereocenters. The summed E-state index contributed by atoms with van der Waals surface area (Å²) in [5.41, 5.74) is 7.55. The van der Waals surface area contributed by atoms with Gasteiger partial charge in [0.15, 0.2) is 0 Å². The first kappa shape index (κ1) is 11.5. The topological polar surface area (TPSA) is 43.1 Å². The van der Waals surface area contributed by atoms with E-state index in [0.29, 0.717) is 29.0 Å². The molecule has 0 heterocycles. The van der Waals surface area contributed by atoms with Crippen LogP contribution in [0.5, 0.6) is 0 Å². The Bertz CT molecular complexity index is 412. The maximum absolute atomic E-state index is 11.3. The molecule has 0 spiro atoms. The van der Waals surface area contributed by atoms with E-state index >= 15 is 0 Å². The Hall–Kier alpha value is -1.02. The number of ketones is 1. The summed E-state index contributed by atoms with van der Waals surface area (Å²) in [4.78, 5) is 11.3. The molecule has 1 aliphatic carbocycles. The third-order valence-corrected chi connectivity index (χ3v) is 3.49. The molecule has 0 amide bonds. The molecular formula is C13H16ClNO. The van der Waals surface area contributed by atoms with Crippen LogP contribution >= 0.6 is 11.6 Å². The molecule has 0 aromatic heterocycles. The van der Waals surface area contributed by atoms with Crippen molar-refractivity contribution in [1.82, 2.24) is 0 Å². The zero-order valence-corrected chi connectivity index (χ0v) is 10.1. The summed E-state index contributed by atoms with van der Waals surface area (Å²) < 4.78 is 0. The second-order valence-corrected chi connectivity index (χ2v) is 5.04. The molecule has 0 radical (unpaired) electrons. The highest BCUT2D eigenvalue weighted by molar-refractivity contribution is 6.33. The van der Waals surface area contributed by atoms with E-state index in [0.717, 1.165) is 5.56 Å². The summed E-state index contributed by atoms with van der Waals surface area (Å²) in [5.74, 6) is 1.23. The molecule has 1 saturated carbocycles. The van der Waals surface area contributed by atoms with Crippen molar-refractivity contribution in [3.63, 3.8) is 0 Å². The number of carbonyl (C=O) groups is 1. The molecule has 1 aromatic rings. The minimum Gasteiger partial charge on any atom is -0.398 e. The molecule has 3 heteroatoms. The second kappa shape index (κ2) is 4.46. The van der Waals surface area contributed by atoms with Crippen molar-refractivity contribution in [2.24, 2.45) is 5.92 Å². The molecule has 1 aliphatic rings. The zero-order valence-electron chi connectivity index (χ0n) is 9.37. The Labute approximate surface area is 101 Å². The molecule has 2 nitrogen and oxygen atoms in total. The number of rotatable bonds is 4. The van der Waals surface area contributed by atoms with Crippen LogP contribution in [0.1, 0.15) is 37.7 Å². The van der Waals surface area contributed by atoms with Crippen molar-refractivity contribution < 1.29 is 4.79 Å². The molecule has 2 N–H and O–H groups in total. The number of nitrogens with two attached hydrogens (primary N) is 1. The Morgan fingerprint density at radius 3 is 2.75 bits per heavy atom. The number of halogens is 1. The van der Waals surface area contributed by atoms with Crippen molar-refractivity contribution in [2.75, 3.05) is 5.73 Å². The average Bonchev–Trinajstić information content (AvgIpc) is 3.02. The molecule has 2 rings (SSSR count). The first-order valence-corrected chi connectivity index (χ1v) is 6.00. The van der Waals surface area contributed by atoms with Crippen LogP contribution in [-0.4, -0.2) is 5.78 Å². The molecule has 0 aliphatic heterocycles. The number of nitrogen functional groups attached to an aromatic ring is 1. The van der Waals surface area contributed by atoms with Crippen LogP contribution in [0.4, 0.5) is 5.69 Å². The van der Waals surface area contributed by atoms with E-state index in [1.807, 2.05) is 18.2 Å². The third-order valence-electron chi connectivity index (χ3n) is 3.15. The van der Waals surface area contributed by atoms with Gasteiger partial charge in [0.2, 0.25) is 0 Å². The van der Waals surface area contributed by atoms with Gasteiger partial charge in [-0.2, -0.15) is 0 Å². The largest absolute Gasteiger partial charge is 0.398 e. The van der Waals surface area contributed by atoms with E-state index < -0.39 is 0 Å². The number of Topliss-reactive ketones (excluding diaryl/α,β-unsaturated/α-hetero) is 1. The van der Waals surface area contributed by atoms with Crippen LogP contribution in [0, 0.1) is 5.92 Å². The molecule has 0 bridgehead atoms. The van der Waals surface area contributed by atoms with Gasteiger partial charge in [0.25, 0.3) is 0 Å². The van der Waals surface area contributed by atoms with E-state index in [1.54, 1.807) is 6.92 Å². The van der Waals surface area contributed by atoms with E-state index in [9.17, 15) is 4.79 Å². The maximum atomic E-state index is 11.3. The highest BCUT2D eigenvalue weighted by atomic mass is 35.5. The predicted octanol–water partition coefficient (Wildman–Crippen LogP) is 3.39. The van der Waals surface area contributed by atoms with E-state index in [-0.39, 0.29) is 5.78 Å². The fourth-order valence-electron chi connectivity index (χ4n) is 2.16. The van der Waals surface area contributed by atoms with Crippen LogP contribution < -0.4 is 5.73 Å². The highest BCUT2D eigenvalue weighted by Gasteiger charge is 2.33. The minimum atomic E-state index is 0.241. The van der Waals surface area contributed by atoms with E-state index in [4.69, 9.17) is 17.3 Å². The van der Waals surface area contributed by atoms with Crippen LogP contribution in [0.3, 0.4) is 0 Å². The Morgan fingerprint density at radius 1 is 1.56 bits per heavy atom. The SMILES string of the molecule is CC(=O)C[C@H](c1ccc(Cl)c(N)c1)C1CC1. The van der Waals surface area contributed by atoms with Gasteiger partial charge >= 0.3 is 0 Å². The van der Waals surface area contributed by atoms with Gasteiger partial charge in [0, 0.05) is 6.42 Å². The first-order chi connectivity index (χ1) is 7.58. The second-order valence-electron chi connectivity index (χ2n) is 4.63. The Kier molecular flexibility index (Phi) is 3.20.